The summed E-state index contributed by atoms with van der Waals surface area (Å²) in [5.74, 6) is -0.250. The number of aryl methyl sites for hydroxylation is 1. The summed E-state index contributed by atoms with van der Waals surface area (Å²) in [4.78, 5) is 34.0. The van der Waals surface area contributed by atoms with E-state index in [1.165, 1.54) is 12.4 Å². The maximum absolute atomic E-state index is 12.4. The van der Waals surface area contributed by atoms with Gasteiger partial charge in [-0.3, -0.25) is 9.59 Å². The fourth-order valence-electron chi connectivity index (χ4n) is 1.96. The van der Waals surface area contributed by atoms with Crippen LogP contribution >= 0.6 is 22.9 Å². The number of aromatic nitrogens is 3. The van der Waals surface area contributed by atoms with E-state index in [0.29, 0.717) is 5.56 Å². The number of H-pyrrole nitrogens is 1. The minimum Gasteiger partial charge on any atom is -0.312 e. The number of nitrogens with zero attached hydrogens (tertiary/aromatic N) is 2. The standard InChI is InChI=1S/C13H8ClN3O2S/c1-6-2-7(3-9-11(6)17-13(19)20-9)12(18)8-4-10(14)16-5-15-8/h2-5H,1H3,(H,17,19). The fourth-order valence-corrected chi connectivity index (χ4v) is 2.96. The molecule has 0 unspecified atom stereocenters. The van der Waals surface area contributed by atoms with E-state index in [1.54, 1.807) is 12.1 Å². The molecule has 2 heterocycles. The molecule has 0 atom stereocenters. The zero-order valence-electron chi connectivity index (χ0n) is 10.3. The van der Waals surface area contributed by atoms with E-state index in [4.69, 9.17) is 11.6 Å². The summed E-state index contributed by atoms with van der Waals surface area (Å²) in [6.07, 6.45) is 1.25. The number of aromatic amines is 1. The van der Waals surface area contributed by atoms with Crippen LogP contribution < -0.4 is 4.87 Å². The highest BCUT2D eigenvalue weighted by molar-refractivity contribution is 7.16. The molecular formula is C13H8ClN3O2S. The summed E-state index contributed by atoms with van der Waals surface area (Å²) < 4.78 is 0.749. The van der Waals surface area contributed by atoms with Crippen molar-refractivity contribution < 1.29 is 4.79 Å². The number of halogens is 1. The number of carbonyl (C=O) groups excluding carboxylic acids is 1. The molecule has 3 rings (SSSR count). The van der Waals surface area contributed by atoms with Crippen molar-refractivity contribution in [3.63, 3.8) is 0 Å². The number of benzene rings is 1. The van der Waals surface area contributed by atoms with Crippen LogP contribution in [0.3, 0.4) is 0 Å². The predicted octanol–water partition coefficient (Wildman–Crippen LogP) is 2.57. The first-order chi connectivity index (χ1) is 9.54. The Morgan fingerprint density at radius 3 is 2.85 bits per heavy atom. The van der Waals surface area contributed by atoms with Crippen molar-refractivity contribution in [2.75, 3.05) is 0 Å². The van der Waals surface area contributed by atoms with Crippen molar-refractivity contribution in [3.8, 4) is 0 Å². The molecular weight excluding hydrogens is 298 g/mol. The molecule has 0 bridgehead atoms. The largest absolute Gasteiger partial charge is 0.312 e. The second-order valence-electron chi connectivity index (χ2n) is 4.24. The van der Waals surface area contributed by atoms with Crippen molar-refractivity contribution in [3.05, 3.63) is 56.2 Å². The Bertz CT molecular complexity index is 885. The summed E-state index contributed by atoms with van der Waals surface area (Å²) in [6.45, 7) is 1.84. The third-order valence-corrected chi connectivity index (χ3v) is 3.89. The molecule has 5 nitrogen and oxygen atoms in total. The summed E-state index contributed by atoms with van der Waals surface area (Å²) in [5.41, 5.74) is 2.30. The summed E-state index contributed by atoms with van der Waals surface area (Å²) in [5, 5.41) is 0.215. The number of hydrogen-bond donors (Lipinski definition) is 1. The van der Waals surface area contributed by atoms with E-state index in [1.807, 2.05) is 6.92 Å². The molecule has 2 aromatic heterocycles. The fraction of sp³-hybridized carbons (Fsp3) is 0.0769. The van der Waals surface area contributed by atoms with E-state index in [2.05, 4.69) is 15.0 Å². The Kier molecular flexibility index (Phi) is 3.11. The van der Waals surface area contributed by atoms with E-state index in [9.17, 15) is 9.59 Å². The van der Waals surface area contributed by atoms with Gasteiger partial charge in [0.25, 0.3) is 0 Å². The molecule has 3 aromatic rings. The summed E-state index contributed by atoms with van der Waals surface area (Å²) in [6, 6.07) is 4.83. The number of nitrogens with one attached hydrogen (secondary N) is 1. The van der Waals surface area contributed by atoms with Gasteiger partial charge in [-0.25, -0.2) is 9.97 Å². The number of fused-ring (bicyclic) bond motifs is 1. The van der Waals surface area contributed by atoms with E-state index >= 15 is 0 Å². The normalized spacial score (nSPS) is 10.9. The number of hydrogen-bond acceptors (Lipinski definition) is 5. The van der Waals surface area contributed by atoms with Crippen LogP contribution in [0.1, 0.15) is 21.6 Å². The molecule has 0 aliphatic carbocycles. The van der Waals surface area contributed by atoms with Crippen LogP contribution in [-0.4, -0.2) is 20.7 Å². The van der Waals surface area contributed by atoms with Crippen LogP contribution in [0, 0.1) is 6.92 Å². The molecule has 100 valence electrons. The Labute approximate surface area is 122 Å². The minimum absolute atomic E-state index is 0.141. The second kappa shape index (κ2) is 4.81. The Morgan fingerprint density at radius 1 is 1.30 bits per heavy atom. The molecule has 0 saturated heterocycles. The average Bonchev–Trinajstić information content (AvgIpc) is 2.79. The third-order valence-electron chi connectivity index (χ3n) is 2.86. The molecule has 0 aliphatic heterocycles. The molecule has 1 aromatic carbocycles. The smallest absolute Gasteiger partial charge is 0.305 e. The lowest BCUT2D eigenvalue weighted by Gasteiger charge is -2.03. The van der Waals surface area contributed by atoms with E-state index in [0.717, 1.165) is 27.1 Å². The lowest BCUT2D eigenvalue weighted by atomic mass is 10.0. The Balaban J connectivity index is 2.14. The van der Waals surface area contributed by atoms with Gasteiger partial charge in [0, 0.05) is 11.6 Å². The second-order valence-corrected chi connectivity index (χ2v) is 5.64. The summed E-state index contributed by atoms with van der Waals surface area (Å²) >= 11 is 6.83. The zero-order chi connectivity index (χ0) is 14.3. The highest BCUT2D eigenvalue weighted by atomic mass is 35.5. The summed E-state index contributed by atoms with van der Waals surface area (Å²) in [7, 11) is 0. The number of ketones is 1. The third kappa shape index (κ3) is 2.23. The van der Waals surface area contributed by atoms with Crippen molar-refractivity contribution in [1.82, 2.24) is 15.0 Å². The van der Waals surface area contributed by atoms with Gasteiger partial charge in [-0.1, -0.05) is 22.9 Å². The number of rotatable bonds is 2. The molecule has 1 N–H and O–H groups in total. The molecule has 0 radical (unpaired) electrons. The number of thiazole rings is 1. The highest BCUT2D eigenvalue weighted by Gasteiger charge is 2.14. The van der Waals surface area contributed by atoms with Crippen LogP contribution in [0.5, 0.6) is 0 Å². The van der Waals surface area contributed by atoms with Gasteiger partial charge in [-0.05, 0) is 24.6 Å². The topological polar surface area (TPSA) is 75.7 Å². The SMILES string of the molecule is Cc1cc(C(=O)c2cc(Cl)ncn2)cc2sc(=O)[nH]c12. The van der Waals surface area contributed by atoms with Gasteiger partial charge in [0.1, 0.15) is 17.2 Å². The van der Waals surface area contributed by atoms with Crippen molar-refractivity contribution >= 4 is 38.9 Å². The Morgan fingerprint density at radius 2 is 2.10 bits per heavy atom. The quantitative estimate of drug-likeness (QED) is 0.583. The van der Waals surface area contributed by atoms with Crippen molar-refractivity contribution in [2.45, 2.75) is 6.92 Å². The van der Waals surface area contributed by atoms with Gasteiger partial charge in [-0.15, -0.1) is 0 Å². The van der Waals surface area contributed by atoms with Gasteiger partial charge in [0.05, 0.1) is 10.2 Å². The average molecular weight is 306 g/mol. The molecule has 7 heteroatoms. The minimum atomic E-state index is -0.250. The predicted molar refractivity (Wildman–Crippen MR) is 77.7 cm³/mol. The number of carbonyl (C=O) groups is 1. The lowest BCUT2D eigenvalue weighted by molar-refractivity contribution is 0.103. The molecule has 20 heavy (non-hydrogen) atoms. The maximum Gasteiger partial charge on any atom is 0.305 e. The highest BCUT2D eigenvalue weighted by Crippen LogP contribution is 2.22. The Hall–Kier alpha value is -2.05. The maximum atomic E-state index is 12.4. The van der Waals surface area contributed by atoms with Crippen LogP contribution in [-0.2, 0) is 0 Å². The molecule has 0 fully saturated rings. The zero-order valence-corrected chi connectivity index (χ0v) is 11.9. The van der Waals surface area contributed by atoms with Gasteiger partial charge >= 0.3 is 4.87 Å². The van der Waals surface area contributed by atoms with Crippen LogP contribution in [0.4, 0.5) is 0 Å². The van der Waals surface area contributed by atoms with Crippen molar-refractivity contribution in [1.29, 1.82) is 0 Å². The van der Waals surface area contributed by atoms with Gasteiger partial charge < -0.3 is 4.98 Å². The molecule has 0 saturated carbocycles. The van der Waals surface area contributed by atoms with E-state index < -0.39 is 0 Å². The van der Waals surface area contributed by atoms with Crippen LogP contribution in [0.15, 0.2) is 29.3 Å². The van der Waals surface area contributed by atoms with Gasteiger partial charge in [0.2, 0.25) is 5.78 Å². The monoisotopic (exact) mass is 305 g/mol. The first kappa shape index (κ1) is 13.0. The molecule has 0 amide bonds. The van der Waals surface area contributed by atoms with Crippen LogP contribution in [0.2, 0.25) is 5.15 Å². The van der Waals surface area contributed by atoms with Crippen molar-refractivity contribution in [2.24, 2.45) is 0 Å². The van der Waals surface area contributed by atoms with Gasteiger partial charge in [0.15, 0.2) is 0 Å². The molecule has 0 aliphatic rings. The lowest BCUT2D eigenvalue weighted by Crippen LogP contribution is -2.04. The van der Waals surface area contributed by atoms with E-state index in [-0.39, 0.29) is 21.5 Å². The van der Waals surface area contributed by atoms with Gasteiger partial charge in [-0.2, -0.15) is 0 Å². The van der Waals surface area contributed by atoms with Crippen LogP contribution in [0.25, 0.3) is 10.2 Å². The first-order valence-electron chi connectivity index (χ1n) is 5.70. The molecule has 0 spiro atoms. The first-order valence-corrected chi connectivity index (χ1v) is 6.90.